The normalized spacial score (nSPS) is 26.7. The minimum Gasteiger partial charge on any atom is -0.480 e. The number of hydrogen-bond donors (Lipinski definition) is 2. The topological polar surface area (TPSA) is 101 Å². The van der Waals surface area contributed by atoms with Crippen LogP contribution in [0, 0.1) is 5.92 Å². The summed E-state index contributed by atoms with van der Waals surface area (Å²) in [7, 11) is -3.94. The minimum absolute atomic E-state index is 0.136. The van der Waals surface area contributed by atoms with Crippen LogP contribution in [0.3, 0.4) is 0 Å². The number of rotatable bonds is 5. The highest BCUT2D eigenvalue weighted by atomic mass is 32.2. The van der Waals surface area contributed by atoms with Crippen LogP contribution in [0.5, 0.6) is 0 Å². The summed E-state index contributed by atoms with van der Waals surface area (Å²) in [6, 6.07) is 0. The first-order valence-electron chi connectivity index (χ1n) is 7.08. The fourth-order valence-electron chi connectivity index (χ4n) is 2.84. The van der Waals surface area contributed by atoms with Gasteiger partial charge in [0.2, 0.25) is 0 Å². The number of carboxylic acids is 1. The molecule has 0 saturated heterocycles. The lowest BCUT2D eigenvalue weighted by Crippen LogP contribution is -2.56. The number of nitrogens with zero attached hydrogens (tertiary/aromatic N) is 2. The van der Waals surface area contributed by atoms with Crippen LogP contribution in [0.15, 0.2) is 17.6 Å². The van der Waals surface area contributed by atoms with Gasteiger partial charge in [0.1, 0.15) is 5.54 Å². The SMILES string of the molecule is CCn1cnc(S(=O)(=O)NC2(C(=O)O)CCCC(C)C2)c1. The van der Waals surface area contributed by atoms with Gasteiger partial charge in [-0.25, -0.2) is 13.4 Å². The first kappa shape index (κ1) is 16.0. The molecule has 0 amide bonds. The molecule has 1 aliphatic carbocycles. The largest absolute Gasteiger partial charge is 0.480 e. The van der Waals surface area contributed by atoms with Crippen LogP contribution >= 0.6 is 0 Å². The van der Waals surface area contributed by atoms with Crippen molar-refractivity contribution >= 4 is 16.0 Å². The molecule has 0 spiro atoms. The Labute approximate surface area is 124 Å². The van der Waals surface area contributed by atoms with E-state index in [-0.39, 0.29) is 10.9 Å². The Morgan fingerprint density at radius 3 is 2.86 bits per heavy atom. The second kappa shape index (κ2) is 5.76. The van der Waals surface area contributed by atoms with E-state index in [4.69, 9.17) is 0 Å². The summed E-state index contributed by atoms with van der Waals surface area (Å²) in [6.07, 6.45) is 5.05. The van der Waals surface area contributed by atoms with E-state index in [0.29, 0.717) is 25.8 Å². The van der Waals surface area contributed by atoms with Gasteiger partial charge in [-0.2, -0.15) is 4.72 Å². The maximum absolute atomic E-state index is 12.4. The Morgan fingerprint density at radius 1 is 1.62 bits per heavy atom. The molecular formula is C13H21N3O4S. The number of aromatic nitrogens is 2. The van der Waals surface area contributed by atoms with Gasteiger partial charge in [0.05, 0.1) is 6.33 Å². The summed E-state index contributed by atoms with van der Waals surface area (Å²) < 4.78 is 28.8. The maximum atomic E-state index is 12.4. The van der Waals surface area contributed by atoms with Gasteiger partial charge in [-0.1, -0.05) is 19.8 Å². The van der Waals surface area contributed by atoms with Crippen molar-refractivity contribution in [3.8, 4) is 0 Å². The fraction of sp³-hybridized carbons (Fsp3) is 0.692. The van der Waals surface area contributed by atoms with E-state index in [1.54, 1.807) is 4.57 Å². The van der Waals surface area contributed by atoms with Crippen molar-refractivity contribution in [1.29, 1.82) is 0 Å². The van der Waals surface area contributed by atoms with Gasteiger partial charge >= 0.3 is 5.97 Å². The van der Waals surface area contributed by atoms with Crippen molar-refractivity contribution < 1.29 is 18.3 Å². The lowest BCUT2D eigenvalue weighted by molar-refractivity contribution is -0.146. The van der Waals surface area contributed by atoms with Gasteiger partial charge in [0.15, 0.2) is 5.03 Å². The molecule has 2 N–H and O–H groups in total. The van der Waals surface area contributed by atoms with Gasteiger partial charge in [0, 0.05) is 12.7 Å². The average Bonchev–Trinajstić information content (AvgIpc) is 2.87. The monoisotopic (exact) mass is 315 g/mol. The lowest BCUT2D eigenvalue weighted by atomic mass is 9.77. The van der Waals surface area contributed by atoms with Crippen LogP contribution in [0.25, 0.3) is 0 Å². The molecule has 7 nitrogen and oxygen atoms in total. The predicted octanol–water partition coefficient (Wildman–Crippen LogP) is 1.21. The predicted molar refractivity (Wildman–Crippen MR) is 76.2 cm³/mol. The Morgan fingerprint density at radius 2 is 2.33 bits per heavy atom. The molecule has 0 aromatic carbocycles. The molecule has 1 aromatic rings. The van der Waals surface area contributed by atoms with Gasteiger partial charge in [-0.3, -0.25) is 4.79 Å². The molecule has 0 bridgehead atoms. The summed E-state index contributed by atoms with van der Waals surface area (Å²) in [6.45, 7) is 4.41. The van der Waals surface area contributed by atoms with Crippen molar-refractivity contribution in [3.63, 3.8) is 0 Å². The highest BCUT2D eigenvalue weighted by molar-refractivity contribution is 7.89. The number of hydrogen-bond acceptors (Lipinski definition) is 4. The van der Waals surface area contributed by atoms with Crippen LogP contribution < -0.4 is 4.72 Å². The standard InChI is InChI=1S/C13H21N3O4S/c1-3-16-8-11(14-9-16)21(19,20)15-13(12(17)18)6-4-5-10(2)7-13/h8-10,15H,3-7H2,1-2H3,(H,17,18). The molecule has 2 atom stereocenters. The van der Waals surface area contributed by atoms with Crippen LogP contribution in [0.4, 0.5) is 0 Å². The Bertz CT molecular complexity index is 625. The third-order valence-electron chi connectivity index (χ3n) is 3.99. The zero-order chi connectivity index (χ0) is 15.7. The van der Waals surface area contributed by atoms with E-state index < -0.39 is 21.5 Å². The first-order chi connectivity index (χ1) is 9.79. The van der Waals surface area contributed by atoms with Crippen molar-refractivity contribution in [3.05, 3.63) is 12.5 Å². The molecule has 1 aromatic heterocycles. The molecule has 0 aliphatic heterocycles. The maximum Gasteiger partial charge on any atom is 0.324 e. The van der Waals surface area contributed by atoms with E-state index in [9.17, 15) is 18.3 Å². The third-order valence-corrected chi connectivity index (χ3v) is 5.41. The molecule has 21 heavy (non-hydrogen) atoms. The van der Waals surface area contributed by atoms with Crippen LogP contribution in [0.1, 0.15) is 39.5 Å². The number of carbonyl (C=O) groups is 1. The summed E-state index contributed by atoms with van der Waals surface area (Å²) in [4.78, 5) is 15.5. The molecular weight excluding hydrogens is 294 g/mol. The van der Waals surface area contributed by atoms with Crippen molar-refractivity contribution in [2.24, 2.45) is 5.92 Å². The number of sulfonamides is 1. The average molecular weight is 315 g/mol. The highest BCUT2D eigenvalue weighted by Gasteiger charge is 2.45. The smallest absolute Gasteiger partial charge is 0.324 e. The van der Waals surface area contributed by atoms with E-state index in [0.717, 1.165) is 6.42 Å². The van der Waals surface area contributed by atoms with Crippen LogP contribution in [-0.4, -0.2) is 34.6 Å². The van der Waals surface area contributed by atoms with E-state index >= 15 is 0 Å². The quantitative estimate of drug-likeness (QED) is 0.850. The molecule has 8 heteroatoms. The number of carboxylic acid groups (broad SMARTS) is 1. The number of aryl methyl sites for hydroxylation is 1. The zero-order valence-electron chi connectivity index (χ0n) is 12.2. The number of imidazole rings is 1. The van der Waals surface area contributed by atoms with E-state index in [1.165, 1.54) is 12.5 Å². The molecule has 2 rings (SSSR count). The highest BCUT2D eigenvalue weighted by Crippen LogP contribution is 2.33. The van der Waals surface area contributed by atoms with Crippen molar-refractivity contribution in [1.82, 2.24) is 14.3 Å². The molecule has 1 aliphatic rings. The molecule has 118 valence electrons. The first-order valence-corrected chi connectivity index (χ1v) is 8.56. The summed E-state index contributed by atoms with van der Waals surface area (Å²) >= 11 is 0. The molecule has 1 saturated carbocycles. The zero-order valence-corrected chi connectivity index (χ0v) is 13.1. The van der Waals surface area contributed by atoms with Gasteiger partial charge in [-0.05, 0) is 25.7 Å². The molecule has 0 radical (unpaired) electrons. The second-order valence-corrected chi connectivity index (χ2v) is 7.37. The van der Waals surface area contributed by atoms with Crippen LogP contribution in [0.2, 0.25) is 0 Å². The summed E-state index contributed by atoms with van der Waals surface area (Å²) in [5, 5.41) is 9.38. The second-order valence-electron chi connectivity index (χ2n) is 5.74. The Kier molecular flexibility index (Phi) is 4.38. The number of nitrogens with one attached hydrogen (secondary N) is 1. The van der Waals surface area contributed by atoms with Gasteiger partial charge in [0.25, 0.3) is 10.0 Å². The van der Waals surface area contributed by atoms with E-state index in [1.807, 2.05) is 13.8 Å². The minimum atomic E-state index is -3.94. The Hall–Kier alpha value is -1.41. The molecule has 2 unspecified atom stereocenters. The summed E-state index contributed by atoms with van der Waals surface area (Å²) in [5.41, 5.74) is -1.42. The van der Waals surface area contributed by atoms with Gasteiger partial charge in [-0.15, -0.1) is 0 Å². The van der Waals surface area contributed by atoms with Gasteiger partial charge < -0.3 is 9.67 Å². The third kappa shape index (κ3) is 3.26. The Balaban J connectivity index is 2.29. The molecule has 1 fully saturated rings. The van der Waals surface area contributed by atoms with Crippen molar-refractivity contribution in [2.45, 2.75) is 56.6 Å². The van der Waals surface area contributed by atoms with Crippen molar-refractivity contribution in [2.75, 3.05) is 0 Å². The van der Waals surface area contributed by atoms with E-state index in [2.05, 4.69) is 9.71 Å². The molecule has 1 heterocycles. The number of aliphatic carboxylic acids is 1. The summed E-state index contributed by atoms with van der Waals surface area (Å²) in [5.74, 6) is -0.946. The van der Waals surface area contributed by atoms with Crippen LogP contribution in [-0.2, 0) is 21.4 Å². The lowest BCUT2D eigenvalue weighted by Gasteiger charge is -2.36. The fourth-order valence-corrected chi connectivity index (χ4v) is 4.19.